The summed E-state index contributed by atoms with van der Waals surface area (Å²) in [5.41, 5.74) is 9.81. The van der Waals surface area contributed by atoms with Gasteiger partial charge in [-0.15, -0.1) is 11.3 Å². The summed E-state index contributed by atoms with van der Waals surface area (Å²) in [6.45, 7) is 1.90. The first-order valence-electron chi connectivity index (χ1n) is 5.05. The minimum absolute atomic E-state index is 0.180. The van der Waals surface area contributed by atoms with Crippen molar-refractivity contribution in [2.24, 2.45) is 5.10 Å². The first kappa shape index (κ1) is 12.8. The molecule has 1 aromatic carbocycles. The second kappa shape index (κ2) is 5.36. The Labute approximate surface area is 116 Å². The van der Waals surface area contributed by atoms with Gasteiger partial charge < -0.3 is 10.8 Å². The van der Waals surface area contributed by atoms with E-state index < -0.39 is 0 Å². The molecule has 2 aromatic rings. The summed E-state index contributed by atoms with van der Waals surface area (Å²) < 4.78 is 0.917. The number of aryl methyl sites for hydroxylation is 1. The Kier molecular flexibility index (Phi) is 3.83. The van der Waals surface area contributed by atoms with Crippen molar-refractivity contribution in [3.8, 4) is 5.75 Å². The molecular formula is C11H11BrN4OS. The number of hydrazone groups is 1. The molecule has 0 unspecified atom stereocenters. The van der Waals surface area contributed by atoms with E-state index in [-0.39, 0.29) is 5.75 Å². The predicted octanol–water partition coefficient (Wildman–Crippen LogP) is 2.95. The van der Waals surface area contributed by atoms with Crippen molar-refractivity contribution in [1.82, 2.24) is 4.98 Å². The van der Waals surface area contributed by atoms with Gasteiger partial charge in [0.1, 0.15) is 11.6 Å². The number of nitrogen functional groups attached to an aromatic ring is 1. The van der Waals surface area contributed by atoms with E-state index >= 15 is 0 Å². The lowest BCUT2D eigenvalue weighted by Gasteiger charge is -2.03. The zero-order valence-electron chi connectivity index (χ0n) is 9.51. The average Bonchev–Trinajstić information content (AvgIpc) is 2.71. The van der Waals surface area contributed by atoms with Crippen LogP contribution in [0.5, 0.6) is 5.75 Å². The maximum atomic E-state index is 9.74. The van der Waals surface area contributed by atoms with E-state index in [1.165, 1.54) is 17.6 Å². The number of aromatic hydroxyl groups is 1. The molecule has 0 bridgehead atoms. The fourth-order valence-electron chi connectivity index (χ4n) is 1.28. The molecule has 0 aliphatic carbocycles. The Hall–Kier alpha value is -1.60. The van der Waals surface area contributed by atoms with Crippen LogP contribution in [0, 0.1) is 6.92 Å². The molecule has 2 rings (SSSR count). The lowest BCUT2D eigenvalue weighted by molar-refractivity contribution is 0.474. The summed E-state index contributed by atoms with van der Waals surface area (Å²) in [5.74, 6) is 0.638. The largest absolute Gasteiger partial charge is 0.507 e. The number of hydrogen-bond donors (Lipinski definition) is 3. The van der Waals surface area contributed by atoms with Crippen LogP contribution < -0.4 is 11.2 Å². The molecule has 5 nitrogen and oxygen atoms in total. The van der Waals surface area contributed by atoms with Gasteiger partial charge in [0.05, 0.1) is 6.21 Å². The standard InChI is InChI=1S/C11H11BrN4OS/c1-6-2-9(17)7(3-8(6)12)4-14-16-11-15-10(13)5-18-11/h2-5,17H,13H2,1H3,(H,15,16). The molecule has 4 N–H and O–H groups in total. The summed E-state index contributed by atoms with van der Waals surface area (Å²) in [4.78, 5) is 4.00. The van der Waals surface area contributed by atoms with Crippen LogP contribution in [0.15, 0.2) is 27.1 Å². The first-order chi connectivity index (χ1) is 8.56. The van der Waals surface area contributed by atoms with Gasteiger partial charge in [-0.2, -0.15) is 5.10 Å². The minimum atomic E-state index is 0.180. The highest BCUT2D eigenvalue weighted by atomic mass is 79.9. The Morgan fingerprint density at radius 2 is 2.33 bits per heavy atom. The highest BCUT2D eigenvalue weighted by molar-refractivity contribution is 9.10. The fourth-order valence-corrected chi connectivity index (χ4v) is 2.19. The van der Waals surface area contributed by atoms with Crippen molar-refractivity contribution >= 4 is 44.4 Å². The summed E-state index contributed by atoms with van der Waals surface area (Å²) in [6, 6.07) is 3.47. The Balaban J connectivity index is 2.11. The van der Waals surface area contributed by atoms with E-state index in [0.717, 1.165) is 10.0 Å². The maximum Gasteiger partial charge on any atom is 0.205 e. The highest BCUT2D eigenvalue weighted by Gasteiger charge is 2.03. The highest BCUT2D eigenvalue weighted by Crippen LogP contribution is 2.24. The molecule has 0 amide bonds. The molecule has 1 aromatic heterocycles. The number of nitrogens with zero attached hydrogens (tertiary/aromatic N) is 2. The van der Waals surface area contributed by atoms with E-state index in [1.807, 2.05) is 6.92 Å². The third-order valence-electron chi connectivity index (χ3n) is 2.19. The van der Waals surface area contributed by atoms with Crippen LogP contribution >= 0.6 is 27.3 Å². The maximum absolute atomic E-state index is 9.74. The van der Waals surface area contributed by atoms with Crippen LogP contribution in [0.4, 0.5) is 10.9 Å². The Bertz CT molecular complexity index is 597. The molecule has 1 heterocycles. The number of phenols is 1. The number of nitrogens with one attached hydrogen (secondary N) is 1. The van der Waals surface area contributed by atoms with Crippen LogP contribution in [-0.4, -0.2) is 16.3 Å². The van der Waals surface area contributed by atoms with E-state index in [1.54, 1.807) is 17.5 Å². The molecule has 0 spiro atoms. The van der Waals surface area contributed by atoms with Gasteiger partial charge in [-0.1, -0.05) is 15.9 Å². The van der Waals surface area contributed by atoms with E-state index in [2.05, 4.69) is 31.4 Å². The normalized spacial score (nSPS) is 11.0. The number of thiazole rings is 1. The van der Waals surface area contributed by atoms with Crippen LogP contribution in [0.1, 0.15) is 11.1 Å². The number of anilines is 2. The first-order valence-corrected chi connectivity index (χ1v) is 6.72. The fraction of sp³-hybridized carbons (Fsp3) is 0.0909. The van der Waals surface area contributed by atoms with Gasteiger partial charge in [0.15, 0.2) is 0 Å². The van der Waals surface area contributed by atoms with Crippen molar-refractivity contribution < 1.29 is 5.11 Å². The molecule has 0 radical (unpaired) electrons. The monoisotopic (exact) mass is 326 g/mol. The number of benzene rings is 1. The Morgan fingerprint density at radius 1 is 1.56 bits per heavy atom. The van der Waals surface area contributed by atoms with Gasteiger partial charge in [0, 0.05) is 15.4 Å². The molecule has 7 heteroatoms. The van der Waals surface area contributed by atoms with E-state index in [4.69, 9.17) is 5.73 Å². The summed E-state index contributed by atoms with van der Waals surface area (Å²) in [6.07, 6.45) is 1.52. The Morgan fingerprint density at radius 3 is 3.00 bits per heavy atom. The van der Waals surface area contributed by atoms with Gasteiger partial charge in [-0.05, 0) is 24.6 Å². The van der Waals surface area contributed by atoms with Gasteiger partial charge in [0.2, 0.25) is 5.13 Å². The molecule has 94 valence electrons. The second-order valence-electron chi connectivity index (χ2n) is 3.61. The number of aromatic nitrogens is 1. The molecule has 0 aliphatic rings. The molecule has 0 saturated heterocycles. The third kappa shape index (κ3) is 2.99. The quantitative estimate of drug-likeness (QED) is 0.598. The van der Waals surface area contributed by atoms with Gasteiger partial charge >= 0.3 is 0 Å². The second-order valence-corrected chi connectivity index (χ2v) is 5.32. The zero-order valence-corrected chi connectivity index (χ0v) is 11.9. The van der Waals surface area contributed by atoms with Gasteiger partial charge in [0.25, 0.3) is 0 Å². The number of hydrogen-bond acceptors (Lipinski definition) is 6. The predicted molar refractivity (Wildman–Crippen MR) is 78.3 cm³/mol. The molecular weight excluding hydrogens is 316 g/mol. The molecule has 18 heavy (non-hydrogen) atoms. The number of phenolic OH excluding ortho intramolecular Hbond substituents is 1. The number of halogens is 1. The number of rotatable bonds is 3. The van der Waals surface area contributed by atoms with Crippen molar-refractivity contribution in [3.05, 3.63) is 33.1 Å². The third-order valence-corrected chi connectivity index (χ3v) is 3.81. The zero-order chi connectivity index (χ0) is 13.1. The van der Waals surface area contributed by atoms with Gasteiger partial charge in [-0.25, -0.2) is 4.98 Å². The molecule has 0 fully saturated rings. The van der Waals surface area contributed by atoms with Crippen molar-refractivity contribution in [3.63, 3.8) is 0 Å². The SMILES string of the molecule is Cc1cc(O)c(C=NNc2nc(N)cs2)cc1Br. The molecule has 0 aliphatic heterocycles. The van der Waals surface area contributed by atoms with Crippen molar-refractivity contribution in [2.45, 2.75) is 6.92 Å². The summed E-state index contributed by atoms with van der Waals surface area (Å²) in [5, 5.41) is 16.1. The molecule has 0 atom stereocenters. The lowest BCUT2D eigenvalue weighted by atomic mass is 10.1. The topological polar surface area (TPSA) is 83.5 Å². The number of nitrogens with two attached hydrogens (primary N) is 1. The van der Waals surface area contributed by atoms with Crippen LogP contribution in [0.25, 0.3) is 0 Å². The van der Waals surface area contributed by atoms with Crippen LogP contribution in [0.3, 0.4) is 0 Å². The minimum Gasteiger partial charge on any atom is -0.507 e. The summed E-state index contributed by atoms with van der Waals surface area (Å²) >= 11 is 4.76. The summed E-state index contributed by atoms with van der Waals surface area (Å²) in [7, 11) is 0. The van der Waals surface area contributed by atoms with Crippen LogP contribution in [-0.2, 0) is 0 Å². The van der Waals surface area contributed by atoms with E-state index in [0.29, 0.717) is 16.5 Å². The smallest absolute Gasteiger partial charge is 0.205 e. The van der Waals surface area contributed by atoms with E-state index in [9.17, 15) is 5.11 Å². The average molecular weight is 327 g/mol. The van der Waals surface area contributed by atoms with Crippen molar-refractivity contribution in [2.75, 3.05) is 11.2 Å². The van der Waals surface area contributed by atoms with Gasteiger partial charge in [-0.3, -0.25) is 5.43 Å². The van der Waals surface area contributed by atoms with Crippen molar-refractivity contribution in [1.29, 1.82) is 0 Å². The molecule has 0 saturated carbocycles. The lowest BCUT2D eigenvalue weighted by Crippen LogP contribution is -1.92. The van der Waals surface area contributed by atoms with Crippen LogP contribution in [0.2, 0.25) is 0 Å².